The van der Waals surface area contributed by atoms with Gasteiger partial charge in [0.25, 0.3) is 0 Å². The van der Waals surface area contributed by atoms with Gasteiger partial charge in [-0.3, -0.25) is 0 Å². The topological polar surface area (TPSA) is 58.2 Å². The first kappa shape index (κ1) is 10.4. The Labute approximate surface area is 81.8 Å². The van der Waals surface area contributed by atoms with Gasteiger partial charge in [0.2, 0.25) is 0 Å². The zero-order valence-electron chi connectivity index (χ0n) is 7.41. The molecule has 0 spiro atoms. The number of hydrogen-bond acceptors (Lipinski definition) is 3. The molecule has 1 unspecified atom stereocenters. The molecule has 1 aliphatic rings. The van der Waals surface area contributed by atoms with Gasteiger partial charge < -0.3 is 15.4 Å². The largest absolute Gasteiger partial charge is 0.335 e. The first-order chi connectivity index (χ1) is 6.33. The second-order valence-corrected chi connectivity index (χ2v) is 4.08. The predicted molar refractivity (Wildman–Crippen MR) is 52.9 cm³/mol. The first-order valence-electron chi connectivity index (χ1n) is 4.38. The number of aldehydes is 1. The van der Waals surface area contributed by atoms with Crippen molar-refractivity contribution in [1.29, 1.82) is 0 Å². The zero-order chi connectivity index (χ0) is 9.52. The predicted octanol–water partition coefficient (Wildman–Crippen LogP) is 0.380. The second-order valence-electron chi connectivity index (χ2n) is 2.94. The van der Waals surface area contributed by atoms with Gasteiger partial charge in [0.15, 0.2) is 0 Å². The summed E-state index contributed by atoms with van der Waals surface area (Å²) in [5.74, 6) is 2.17. The number of amides is 2. The van der Waals surface area contributed by atoms with E-state index in [4.69, 9.17) is 0 Å². The van der Waals surface area contributed by atoms with Gasteiger partial charge in [-0.1, -0.05) is 0 Å². The van der Waals surface area contributed by atoms with E-state index in [2.05, 4.69) is 10.6 Å². The summed E-state index contributed by atoms with van der Waals surface area (Å²) in [6.45, 7) is 0.0890. The molecule has 0 aromatic rings. The van der Waals surface area contributed by atoms with Crippen molar-refractivity contribution in [3.63, 3.8) is 0 Å². The van der Waals surface area contributed by atoms with Crippen LogP contribution in [0.2, 0.25) is 0 Å². The van der Waals surface area contributed by atoms with Crippen molar-refractivity contribution in [2.45, 2.75) is 18.9 Å². The average molecular weight is 202 g/mol. The summed E-state index contributed by atoms with van der Waals surface area (Å²) < 4.78 is 0. The Morgan fingerprint density at radius 1 is 1.62 bits per heavy atom. The molecular formula is C8H14N2O2S. The van der Waals surface area contributed by atoms with Crippen LogP contribution in [0.15, 0.2) is 0 Å². The Hall–Kier alpha value is -0.710. The van der Waals surface area contributed by atoms with Crippen LogP contribution in [0.25, 0.3) is 0 Å². The molecule has 0 radical (unpaired) electrons. The minimum Gasteiger partial charge on any atom is -0.335 e. The van der Waals surface area contributed by atoms with Crippen molar-refractivity contribution in [2.24, 2.45) is 0 Å². The highest BCUT2D eigenvalue weighted by atomic mass is 32.2. The third-order valence-electron chi connectivity index (χ3n) is 1.84. The van der Waals surface area contributed by atoms with Gasteiger partial charge in [-0.2, -0.15) is 11.8 Å². The molecule has 4 nitrogen and oxygen atoms in total. The zero-order valence-corrected chi connectivity index (χ0v) is 8.23. The van der Waals surface area contributed by atoms with Crippen LogP contribution in [0.5, 0.6) is 0 Å². The van der Waals surface area contributed by atoms with E-state index in [1.54, 1.807) is 0 Å². The van der Waals surface area contributed by atoms with Crippen LogP contribution in [0.3, 0.4) is 0 Å². The Bertz CT molecular complexity index is 181. The molecule has 0 aliphatic carbocycles. The smallest absolute Gasteiger partial charge is 0.315 e. The summed E-state index contributed by atoms with van der Waals surface area (Å²) in [5, 5.41) is 5.28. The van der Waals surface area contributed by atoms with Crippen LogP contribution >= 0.6 is 11.8 Å². The number of thioether (sulfide) groups is 1. The maximum atomic E-state index is 11.1. The van der Waals surface area contributed by atoms with E-state index in [-0.39, 0.29) is 18.6 Å². The molecule has 1 saturated heterocycles. The van der Waals surface area contributed by atoms with Gasteiger partial charge in [0, 0.05) is 11.8 Å². The molecule has 0 bridgehead atoms. The number of hydrogen-bond donors (Lipinski definition) is 2. The molecule has 0 aromatic carbocycles. The number of nitrogens with one attached hydrogen (secondary N) is 2. The molecule has 2 N–H and O–H groups in total. The van der Waals surface area contributed by atoms with E-state index >= 15 is 0 Å². The summed E-state index contributed by atoms with van der Waals surface area (Å²) in [5.41, 5.74) is 0. The van der Waals surface area contributed by atoms with Gasteiger partial charge in [0.1, 0.15) is 6.29 Å². The maximum absolute atomic E-state index is 11.1. The molecule has 1 aliphatic heterocycles. The highest BCUT2D eigenvalue weighted by Gasteiger charge is 2.15. The summed E-state index contributed by atoms with van der Waals surface area (Å²) in [7, 11) is 0. The quantitative estimate of drug-likeness (QED) is 0.650. The normalized spacial score (nSPS) is 22.0. The highest BCUT2D eigenvalue weighted by molar-refractivity contribution is 7.99. The van der Waals surface area contributed by atoms with Gasteiger partial charge in [0.05, 0.1) is 6.54 Å². The van der Waals surface area contributed by atoms with E-state index < -0.39 is 0 Å². The Kier molecular flexibility index (Phi) is 4.67. The maximum Gasteiger partial charge on any atom is 0.315 e. The molecular weight excluding hydrogens is 188 g/mol. The second kappa shape index (κ2) is 5.85. The third kappa shape index (κ3) is 4.17. The lowest BCUT2D eigenvalue weighted by Gasteiger charge is -2.22. The summed E-state index contributed by atoms with van der Waals surface area (Å²) in [4.78, 5) is 21.0. The Morgan fingerprint density at radius 2 is 2.46 bits per heavy atom. The van der Waals surface area contributed by atoms with E-state index in [0.29, 0.717) is 6.29 Å². The number of carbonyl (C=O) groups is 2. The molecule has 0 saturated carbocycles. The van der Waals surface area contributed by atoms with Gasteiger partial charge in [-0.05, 0) is 18.6 Å². The Balaban J connectivity index is 2.14. The summed E-state index contributed by atoms with van der Waals surface area (Å²) >= 11 is 1.86. The van der Waals surface area contributed by atoms with Crippen LogP contribution in [-0.4, -0.2) is 36.4 Å². The first-order valence-corrected chi connectivity index (χ1v) is 5.54. The van der Waals surface area contributed by atoms with E-state index in [1.807, 2.05) is 11.8 Å². The lowest BCUT2D eigenvalue weighted by atomic mass is 10.2. The van der Waals surface area contributed by atoms with Crippen molar-refractivity contribution in [3.8, 4) is 0 Å². The van der Waals surface area contributed by atoms with Gasteiger partial charge in [-0.15, -0.1) is 0 Å². The molecule has 5 heteroatoms. The van der Waals surface area contributed by atoms with Crippen LogP contribution < -0.4 is 10.6 Å². The van der Waals surface area contributed by atoms with Gasteiger partial charge >= 0.3 is 6.03 Å². The highest BCUT2D eigenvalue weighted by Crippen LogP contribution is 2.16. The molecule has 1 atom stereocenters. The molecule has 0 aromatic heterocycles. The summed E-state index contributed by atoms with van der Waals surface area (Å²) in [6, 6.07) is 0.0324. The standard InChI is InChI=1S/C8H14N2O2S/c11-4-3-9-8(12)10-7-2-1-5-13-6-7/h4,7H,1-3,5-6H2,(H2,9,10,12). The van der Waals surface area contributed by atoms with Crippen molar-refractivity contribution >= 4 is 24.1 Å². The molecule has 2 amide bonds. The van der Waals surface area contributed by atoms with Crippen molar-refractivity contribution in [3.05, 3.63) is 0 Å². The number of rotatable bonds is 3. The lowest BCUT2D eigenvalue weighted by Crippen LogP contribution is -2.44. The van der Waals surface area contributed by atoms with Crippen molar-refractivity contribution in [1.82, 2.24) is 10.6 Å². The Morgan fingerprint density at radius 3 is 3.08 bits per heavy atom. The number of carbonyl (C=O) groups excluding carboxylic acids is 2. The van der Waals surface area contributed by atoms with E-state index in [0.717, 1.165) is 18.6 Å². The molecule has 1 fully saturated rings. The van der Waals surface area contributed by atoms with E-state index in [9.17, 15) is 9.59 Å². The van der Waals surface area contributed by atoms with Crippen LogP contribution in [0, 0.1) is 0 Å². The van der Waals surface area contributed by atoms with Crippen LogP contribution in [0.4, 0.5) is 4.79 Å². The minimum atomic E-state index is -0.236. The third-order valence-corrected chi connectivity index (χ3v) is 3.06. The van der Waals surface area contributed by atoms with Crippen molar-refractivity contribution < 1.29 is 9.59 Å². The fraction of sp³-hybridized carbons (Fsp3) is 0.750. The fourth-order valence-electron chi connectivity index (χ4n) is 1.23. The average Bonchev–Trinajstić information content (AvgIpc) is 2.16. The van der Waals surface area contributed by atoms with Crippen LogP contribution in [-0.2, 0) is 4.79 Å². The van der Waals surface area contributed by atoms with Gasteiger partial charge in [-0.25, -0.2) is 4.79 Å². The molecule has 1 heterocycles. The monoisotopic (exact) mass is 202 g/mol. The molecule has 13 heavy (non-hydrogen) atoms. The van der Waals surface area contributed by atoms with Crippen molar-refractivity contribution in [2.75, 3.05) is 18.1 Å². The van der Waals surface area contributed by atoms with E-state index in [1.165, 1.54) is 5.75 Å². The molecule has 74 valence electrons. The lowest BCUT2D eigenvalue weighted by molar-refractivity contribution is -0.107. The fourth-order valence-corrected chi connectivity index (χ4v) is 2.30. The SMILES string of the molecule is O=CCNC(=O)NC1CCCSC1. The summed E-state index contributed by atoms with van der Waals surface area (Å²) in [6.07, 6.45) is 2.88. The minimum absolute atomic E-state index is 0.0890. The number of urea groups is 1. The molecule has 1 rings (SSSR count). The van der Waals surface area contributed by atoms with Crippen LogP contribution in [0.1, 0.15) is 12.8 Å².